The lowest BCUT2D eigenvalue weighted by molar-refractivity contribution is 0.284. The van der Waals surface area contributed by atoms with E-state index in [1.807, 2.05) is 0 Å². The topological polar surface area (TPSA) is 203 Å². The molecule has 0 saturated carbocycles. The number of halogens is 1. The van der Waals surface area contributed by atoms with Gasteiger partial charge in [0.05, 0.1) is 39.3 Å². The first-order chi connectivity index (χ1) is 13.7. The largest absolute Gasteiger partial charge is 0.398 e. The van der Waals surface area contributed by atoms with Crippen molar-refractivity contribution in [3.63, 3.8) is 0 Å². The molecule has 0 radical (unpaired) electrons. The quantitative estimate of drug-likeness (QED) is 0.274. The fraction of sp³-hybridized carbons (Fsp3) is 0.143. The zero-order valence-electron chi connectivity index (χ0n) is 14.7. The van der Waals surface area contributed by atoms with Crippen LogP contribution in [0.4, 0.5) is 17.1 Å². The summed E-state index contributed by atoms with van der Waals surface area (Å²) in [6, 6.07) is 7.04. The van der Waals surface area contributed by atoms with Crippen LogP contribution in [0.15, 0.2) is 56.4 Å². The molecular weight excluding hydrogens is 486 g/mol. The maximum Gasteiger partial charge on any atom is 0.397 e. The molecule has 0 aliphatic rings. The molecule has 12 nitrogen and oxygen atoms in total. The Hall–Kier alpha value is -2.14. The van der Waals surface area contributed by atoms with Crippen molar-refractivity contribution >= 4 is 59.0 Å². The van der Waals surface area contributed by atoms with Crippen molar-refractivity contribution < 1.29 is 38.5 Å². The minimum absolute atomic E-state index is 0.00210. The first-order valence-electron chi connectivity index (χ1n) is 7.62. The van der Waals surface area contributed by atoms with E-state index in [1.165, 1.54) is 24.3 Å². The Morgan fingerprint density at radius 2 is 1.43 bits per heavy atom. The molecule has 164 valence electrons. The van der Waals surface area contributed by atoms with Crippen molar-refractivity contribution in [2.45, 2.75) is 9.79 Å². The van der Waals surface area contributed by atoms with Gasteiger partial charge >= 0.3 is 10.4 Å². The van der Waals surface area contributed by atoms with Gasteiger partial charge in [0.2, 0.25) is 0 Å². The lowest BCUT2D eigenvalue weighted by Gasteiger charge is -2.07. The summed E-state index contributed by atoms with van der Waals surface area (Å²) >= 11 is 5.89. The third-order valence-electron chi connectivity index (χ3n) is 3.39. The summed E-state index contributed by atoms with van der Waals surface area (Å²) in [5, 5.41) is 7.36. The number of azo groups is 1. The molecule has 0 aliphatic carbocycles. The first kappa shape index (κ1) is 24.1. The maximum absolute atomic E-state index is 12.3. The Kier molecular flexibility index (Phi) is 7.18. The maximum atomic E-state index is 12.3. The van der Waals surface area contributed by atoms with E-state index >= 15 is 0 Å². The number of benzene rings is 2. The van der Waals surface area contributed by atoms with Crippen molar-refractivity contribution in [3.05, 3.63) is 41.4 Å². The summed E-state index contributed by atoms with van der Waals surface area (Å²) in [7, 11) is -13.5. The van der Waals surface area contributed by atoms with Gasteiger partial charge in [-0.25, -0.2) is 12.6 Å². The van der Waals surface area contributed by atoms with Gasteiger partial charge in [-0.1, -0.05) is 11.6 Å². The average molecular weight is 500 g/mol. The summed E-state index contributed by atoms with van der Waals surface area (Å²) in [6.07, 6.45) is 0. The van der Waals surface area contributed by atoms with E-state index in [-0.39, 0.29) is 22.1 Å². The van der Waals surface area contributed by atoms with Crippen LogP contribution < -0.4 is 5.73 Å². The highest BCUT2D eigenvalue weighted by Crippen LogP contribution is 2.30. The molecule has 0 aliphatic heterocycles. The second-order valence-corrected chi connectivity index (χ2v) is 10.5. The van der Waals surface area contributed by atoms with E-state index in [0.717, 1.165) is 12.1 Å². The van der Waals surface area contributed by atoms with Crippen LogP contribution in [0.2, 0.25) is 5.02 Å². The van der Waals surface area contributed by atoms with Crippen LogP contribution in [0.3, 0.4) is 0 Å². The van der Waals surface area contributed by atoms with Crippen LogP contribution in [-0.2, 0) is 34.5 Å². The molecule has 0 atom stereocenters. The Morgan fingerprint density at radius 1 is 0.900 bits per heavy atom. The smallest absolute Gasteiger partial charge is 0.397 e. The number of hydrogen-bond acceptors (Lipinski definition) is 10. The Balaban J connectivity index is 2.31. The van der Waals surface area contributed by atoms with Crippen LogP contribution >= 0.6 is 11.6 Å². The molecule has 0 heterocycles. The van der Waals surface area contributed by atoms with Crippen molar-refractivity contribution in [2.24, 2.45) is 10.2 Å². The lowest BCUT2D eigenvalue weighted by Crippen LogP contribution is -2.15. The molecular formula is C14H14ClN3O9S3. The number of nitrogen functional groups attached to an aromatic ring is 1. The third-order valence-corrected chi connectivity index (χ3v) is 6.92. The minimum Gasteiger partial charge on any atom is -0.398 e. The monoisotopic (exact) mass is 499 g/mol. The van der Waals surface area contributed by atoms with Gasteiger partial charge in [-0.15, -0.1) is 0 Å². The Bertz CT molecular complexity index is 1310. The zero-order chi connectivity index (χ0) is 22.7. The highest BCUT2D eigenvalue weighted by atomic mass is 35.5. The van der Waals surface area contributed by atoms with E-state index in [4.69, 9.17) is 26.4 Å². The van der Waals surface area contributed by atoms with Gasteiger partial charge in [-0.05, 0) is 36.4 Å². The number of hydrogen-bond donors (Lipinski definition) is 3. The number of sulfone groups is 1. The van der Waals surface area contributed by atoms with Crippen molar-refractivity contribution in [1.29, 1.82) is 0 Å². The SMILES string of the molecule is Nc1ccc(N=Nc2ccc(Cl)c(S(=O)(=O)CCOS(=O)(=O)O)c2)cc1S(=O)(=O)O. The molecule has 0 saturated heterocycles. The van der Waals surface area contributed by atoms with Gasteiger partial charge < -0.3 is 5.73 Å². The van der Waals surface area contributed by atoms with E-state index < -0.39 is 52.5 Å². The molecule has 2 aromatic rings. The molecule has 4 N–H and O–H groups in total. The molecule has 0 unspecified atom stereocenters. The highest BCUT2D eigenvalue weighted by molar-refractivity contribution is 7.91. The molecule has 0 bridgehead atoms. The molecule has 30 heavy (non-hydrogen) atoms. The van der Waals surface area contributed by atoms with E-state index in [9.17, 15) is 25.3 Å². The van der Waals surface area contributed by atoms with Crippen molar-refractivity contribution in [3.8, 4) is 0 Å². The third kappa shape index (κ3) is 6.69. The number of nitrogens with two attached hydrogens (primary N) is 1. The second kappa shape index (κ2) is 8.93. The van der Waals surface area contributed by atoms with Crippen LogP contribution in [0.25, 0.3) is 0 Å². The standard InChI is InChI=1S/C14H14ClN3O9S3/c15-11-3-1-9(7-13(11)28(19,20)6-5-27-30(24,25)26)17-18-10-2-4-12(16)14(8-10)29(21,22)23/h1-4,7-8H,5-6,16H2,(H,21,22,23)(H,24,25,26). The number of rotatable bonds is 8. The Labute approximate surface area is 177 Å². The van der Waals surface area contributed by atoms with Gasteiger partial charge in [0.25, 0.3) is 10.1 Å². The summed E-state index contributed by atoms with van der Waals surface area (Å²) in [5.41, 5.74) is 5.28. The molecule has 2 aromatic carbocycles. The highest BCUT2D eigenvalue weighted by Gasteiger charge is 2.20. The predicted molar refractivity (Wildman–Crippen MR) is 106 cm³/mol. The fourth-order valence-electron chi connectivity index (χ4n) is 2.08. The van der Waals surface area contributed by atoms with Crippen LogP contribution in [0, 0.1) is 0 Å². The first-order valence-corrected chi connectivity index (χ1v) is 12.5. The molecule has 16 heteroatoms. The lowest BCUT2D eigenvalue weighted by atomic mass is 10.3. The van der Waals surface area contributed by atoms with Crippen LogP contribution in [-0.4, -0.2) is 46.7 Å². The van der Waals surface area contributed by atoms with Gasteiger partial charge in [0, 0.05) is 0 Å². The molecule has 0 fully saturated rings. The van der Waals surface area contributed by atoms with Gasteiger partial charge in [-0.2, -0.15) is 27.1 Å². The van der Waals surface area contributed by atoms with Crippen molar-refractivity contribution in [2.75, 3.05) is 18.1 Å². The summed E-state index contributed by atoms with van der Waals surface area (Å²) < 4.78 is 89.9. The molecule has 0 spiro atoms. The predicted octanol–water partition coefficient (Wildman–Crippen LogP) is 2.18. The van der Waals surface area contributed by atoms with E-state index in [0.29, 0.717) is 0 Å². The van der Waals surface area contributed by atoms with Gasteiger partial charge in [0.1, 0.15) is 4.90 Å². The minimum atomic E-state index is -4.80. The second-order valence-electron chi connectivity index (χ2n) is 5.58. The summed E-state index contributed by atoms with van der Waals surface area (Å²) in [6.45, 7) is -0.840. The number of anilines is 1. The molecule has 2 rings (SSSR count). The van der Waals surface area contributed by atoms with Crippen molar-refractivity contribution in [1.82, 2.24) is 0 Å². The average Bonchev–Trinajstić information content (AvgIpc) is 2.59. The zero-order valence-corrected chi connectivity index (χ0v) is 17.9. The van der Waals surface area contributed by atoms with E-state index in [2.05, 4.69) is 14.4 Å². The molecule has 0 amide bonds. The Morgan fingerprint density at radius 3 is 1.97 bits per heavy atom. The molecule has 0 aromatic heterocycles. The van der Waals surface area contributed by atoms with Crippen LogP contribution in [0.1, 0.15) is 0 Å². The van der Waals surface area contributed by atoms with Gasteiger partial charge in [0.15, 0.2) is 9.84 Å². The normalized spacial score (nSPS) is 13.0. The summed E-state index contributed by atoms with van der Waals surface area (Å²) in [5.74, 6) is -0.803. The fourth-order valence-corrected chi connectivity index (χ4v) is 4.77. The van der Waals surface area contributed by atoms with E-state index in [1.54, 1.807) is 0 Å². The summed E-state index contributed by atoms with van der Waals surface area (Å²) in [4.78, 5) is -0.965. The van der Waals surface area contributed by atoms with Gasteiger partial charge in [-0.3, -0.25) is 9.11 Å². The van der Waals surface area contributed by atoms with Crippen LogP contribution in [0.5, 0.6) is 0 Å². The number of nitrogens with zero attached hydrogens (tertiary/aromatic N) is 2.